The van der Waals surface area contributed by atoms with Crippen LogP contribution in [0.3, 0.4) is 0 Å². The Morgan fingerprint density at radius 3 is 3.00 bits per heavy atom. The summed E-state index contributed by atoms with van der Waals surface area (Å²) in [4.78, 5) is 11.0. The summed E-state index contributed by atoms with van der Waals surface area (Å²) in [5.41, 5.74) is 2.08. The van der Waals surface area contributed by atoms with E-state index in [0.717, 1.165) is 31.2 Å². The van der Waals surface area contributed by atoms with Crippen LogP contribution in [0.25, 0.3) is 5.78 Å². The third kappa shape index (κ3) is 3.15. The first-order chi connectivity index (χ1) is 12.7. The first-order valence-corrected chi connectivity index (χ1v) is 8.91. The maximum absolute atomic E-state index is 6.13. The number of aromatic nitrogens is 6. The summed E-state index contributed by atoms with van der Waals surface area (Å²) < 4.78 is 9.69. The minimum absolute atomic E-state index is 0.0138. The van der Waals surface area contributed by atoms with E-state index < -0.39 is 0 Å². The molecule has 138 valence electrons. The predicted octanol–water partition coefficient (Wildman–Crippen LogP) is 1.04. The third-order valence-corrected chi connectivity index (χ3v) is 4.79. The second-order valence-corrected chi connectivity index (χ2v) is 6.57. The fourth-order valence-electron chi connectivity index (χ4n) is 3.59. The van der Waals surface area contributed by atoms with Gasteiger partial charge in [0, 0.05) is 43.7 Å². The van der Waals surface area contributed by atoms with Crippen LogP contribution in [0.2, 0.25) is 0 Å². The van der Waals surface area contributed by atoms with Crippen LogP contribution in [-0.4, -0.2) is 66.6 Å². The van der Waals surface area contributed by atoms with Crippen molar-refractivity contribution >= 4 is 11.6 Å². The average Bonchev–Trinajstić information content (AvgIpc) is 3.27. The van der Waals surface area contributed by atoms with Crippen LogP contribution in [0.15, 0.2) is 24.8 Å². The average molecular weight is 356 g/mol. The highest BCUT2D eigenvalue weighted by Gasteiger charge is 2.33. The molecule has 1 aliphatic heterocycles. The first kappa shape index (κ1) is 16.9. The number of hydrogen-bond acceptors (Lipinski definition) is 7. The van der Waals surface area contributed by atoms with Gasteiger partial charge in [0.25, 0.3) is 5.78 Å². The summed E-state index contributed by atoms with van der Waals surface area (Å²) in [7, 11) is 1.94. The molecule has 4 heterocycles. The van der Waals surface area contributed by atoms with Crippen LogP contribution in [0.4, 0.5) is 5.82 Å². The Kier molecular flexibility index (Phi) is 4.56. The van der Waals surface area contributed by atoms with Gasteiger partial charge in [0.1, 0.15) is 12.1 Å². The Bertz CT molecular complexity index is 888. The number of fused-ring (bicyclic) bond motifs is 1. The number of rotatable bonds is 5. The molecule has 3 aromatic heterocycles. The number of ether oxygens (including phenoxy) is 1. The Hall–Kier alpha value is -2.52. The number of anilines is 1. The Balaban J connectivity index is 1.57. The molecule has 1 saturated heterocycles. The summed E-state index contributed by atoms with van der Waals surface area (Å²) in [5.74, 6) is 1.46. The molecule has 26 heavy (non-hydrogen) atoms. The van der Waals surface area contributed by atoms with Crippen molar-refractivity contribution in [2.24, 2.45) is 7.05 Å². The van der Waals surface area contributed by atoms with E-state index in [1.165, 1.54) is 11.9 Å². The lowest BCUT2D eigenvalue weighted by Crippen LogP contribution is -2.47. The second-order valence-electron chi connectivity index (χ2n) is 6.57. The zero-order valence-electron chi connectivity index (χ0n) is 15.3. The molecule has 3 aromatic rings. The van der Waals surface area contributed by atoms with Crippen LogP contribution in [0.1, 0.15) is 24.2 Å². The topological polar surface area (TPSA) is 85.4 Å². The molecule has 9 heteroatoms. The van der Waals surface area contributed by atoms with Crippen molar-refractivity contribution < 1.29 is 4.74 Å². The molecule has 2 atom stereocenters. The summed E-state index contributed by atoms with van der Waals surface area (Å²) >= 11 is 0. The van der Waals surface area contributed by atoms with Crippen molar-refractivity contribution in [3.63, 3.8) is 0 Å². The van der Waals surface area contributed by atoms with Gasteiger partial charge in [0.15, 0.2) is 0 Å². The fraction of sp³-hybridized carbons (Fsp3) is 0.529. The molecular weight excluding hydrogens is 332 g/mol. The van der Waals surface area contributed by atoms with Crippen molar-refractivity contribution in [2.75, 3.05) is 31.6 Å². The van der Waals surface area contributed by atoms with Gasteiger partial charge in [-0.3, -0.25) is 9.58 Å². The molecule has 1 N–H and O–H groups in total. The lowest BCUT2D eigenvalue weighted by atomic mass is 10.0. The number of aryl methyl sites for hydroxylation is 2. The molecule has 0 unspecified atom stereocenters. The van der Waals surface area contributed by atoms with Crippen molar-refractivity contribution in [1.82, 2.24) is 34.3 Å². The summed E-state index contributed by atoms with van der Waals surface area (Å²) in [6.07, 6.45) is 5.53. The molecule has 1 fully saturated rings. The van der Waals surface area contributed by atoms with Gasteiger partial charge in [0.05, 0.1) is 24.9 Å². The van der Waals surface area contributed by atoms with E-state index in [2.05, 4.69) is 43.5 Å². The van der Waals surface area contributed by atoms with Crippen molar-refractivity contribution in [3.8, 4) is 0 Å². The quantitative estimate of drug-likeness (QED) is 0.731. The van der Waals surface area contributed by atoms with E-state index in [4.69, 9.17) is 4.74 Å². The molecule has 0 aromatic carbocycles. The molecule has 0 spiro atoms. The standard InChI is InChI=1S/C17H24N8O/c1-4-24-5-6-26-14(16(24)13-8-20-23(3)10-13)9-18-15-7-12(2)22-17-19-11-21-25(15)17/h7-8,10-11,14,16,18H,4-6,9H2,1-3H3/t14-,16-/m0/s1. The van der Waals surface area contributed by atoms with Gasteiger partial charge in [-0.05, 0) is 13.5 Å². The predicted molar refractivity (Wildman–Crippen MR) is 96.9 cm³/mol. The Morgan fingerprint density at radius 1 is 1.35 bits per heavy atom. The van der Waals surface area contributed by atoms with Crippen molar-refractivity contribution in [3.05, 3.63) is 36.0 Å². The molecule has 1 aliphatic rings. The van der Waals surface area contributed by atoms with Crippen LogP contribution in [0.5, 0.6) is 0 Å². The third-order valence-electron chi connectivity index (χ3n) is 4.79. The SMILES string of the molecule is CCN1CCO[C@@H](CNc2cc(C)nc3ncnn23)[C@@H]1c1cnn(C)c1. The highest BCUT2D eigenvalue weighted by atomic mass is 16.5. The normalized spacial score (nSPS) is 21.3. The molecule has 0 amide bonds. The molecule has 0 aliphatic carbocycles. The van der Waals surface area contributed by atoms with Gasteiger partial charge in [0.2, 0.25) is 0 Å². The zero-order valence-corrected chi connectivity index (χ0v) is 15.3. The van der Waals surface area contributed by atoms with Crippen molar-refractivity contribution in [1.29, 1.82) is 0 Å². The summed E-state index contributed by atoms with van der Waals surface area (Å²) in [6.45, 7) is 7.42. The van der Waals surface area contributed by atoms with Crippen LogP contribution >= 0.6 is 0 Å². The van der Waals surface area contributed by atoms with E-state index in [9.17, 15) is 0 Å². The van der Waals surface area contributed by atoms with Gasteiger partial charge >= 0.3 is 0 Å². The van der Waals surface area contributed by atoms with E-state index in [-0.39, 0.29) is 12.1 Å². The Morgan fingerprint density at radius 2 is 2.23 bits per heavy atom. The second kappa shape index (κ2) is 7.00. The van der Waals surface area contributed by atoms with Crippen LogP contribution in [0, 0.1) is 6.92 Å². The maximum atomic E-state index is 6.13. The minimum atomic E-state index is 0.0138. The van der Waals surface area contributed by atoms with E-state index in [0.29, 0.717) is 12.3 Å². The number of likely N-dealkylation sites (N-methyl/N-ethyl adjacent to an activating group) is 1. The largest absolute Gasteiger partial charge is 0.373 e. The van der Waals surface area contributed by atoms with E-state index in [1.807, 2.05) is 30.9 Å². The monoisotopic (exact) mass is 356 g/mol. The van der Waals surface area contributed by atoms with Crippen molar-refractivity contribution in [2.45, 2.75) is 26.0 Å². The Labute approximate surface area is 152 Å². The highest BCUT2D eigenvalue weighted by Crippen LogP contribution is 2.29. The number of morpholine rings is 1. The maximum Gasteiger partial charge on any atom is 0.254 e. The zero-order chi connectivity index (χ0) is 18.1. The van der Waals surface area contributed by atoms with Gasteiger partial charge in [-0.1, -0.05) is 6.92 Å². The highest BCUT2D eigenvalue weighted by molar-refractivity contribution is 5.44. The summed E-state index contributed by atoms with van der Waals surface area (Å²) in [6, 6.07) is 2.14. The fourth-order valence-corrected chi connectivity index (χ4v) is 3.59. The number of nitrogens with one attached hydrogen (secondary N) is 1. The number of hydrogen-bond donors (Lipinski definition) is 1. The minimum Gasteiger partial charge on any atom is -0.373 e. The van der Waals surface area contributed by atoms with Gasteiger partial charge < -0.3 is 10.1 Å². The molecule has 0 saturated carbocycles. The molecule has 9 nitrogen and oxygen atoms in total. The molecular formula is C17H24N8O. The molecule has 0 radical (unpaired) electrons. The summed E-state index contributed by atoms with van der Waals surface area (Å²) in [5, 5.41) is 12.1. The number of nitrogens with zero attached hydrogens (tertiary/aromatic N) is 7. The van der Waals surface area contributed by atoms with Gasteiger partial charge in [-0.25, -0.2) is 4.98 Å². The molecule has 0 bridgehead atoms. The van der Waals surface area contributed by atoms with E-state index in [1.54, 1.807) is 4.52 Å². The smallest absolute Gasteiger partial charge is 0.254 e. The van der Waals surface area contributed by atoms with Crippen LogP contribution in [-0.2, 0) is 11.8 Å². The van der Waals surface area contributed by atoms with Gasteiger partial charge in [-0.2, -0.15) is 19.7 Å². The van der Waals surface area contributed by atoms with E-state index >= 15 is 0 Å². The lowest BCUT2D eigenvalue weighted by molar-refractivity contribution is -0.0640. The molecule has 4 rings (SSSR count). The lowest BCUT2D eigenvalue weighted by Gasteiger charge is -2.40. The van der Waals surface area contributed by atoms with Crippen LogP contribution < -0.4 is 5.32 Å². The first-order valence-electron chi connectivity index (χ1n) is 8.91. The van der Waals surface area contributed by atoms with Gasteiger partial charge in [-0.15, -0.1) is 0 Å².